The van der Waals surface area contributed by atoms with E-state index in [0.717, 1.165) is 59.6 Å². The van der Waals surface area contributed by atoms with Gasteiger partial charge in [-0.1, -0.05) is 26.8 Å². The number of benzene rings is 1. The third kappa shape index (κ3) is 4.84. The molecule has 3 atom stereocenters. The fourth-order valence-corrected chi connectivity index (χ4v) is 6.27. The first-order valence-electron chi connectivity index (χ1n) is 13.7. The molecule has 0 unspecified atom stereocenters. The topological polar surface area (TPSA) is 118 Å². The van der Waals surface area contributed by atoms with Crippen LogP contribution in [-0.2, 0) is 11.8 Å². The van der Waals surface area contributed by atoms with E-state index in [1.165, 1.54) is 31.2 Å². The Bertz CT molecular complexity index is 1390. The van der Waals surface area contributed by atoms with Crippen molar-refractivity contribution in [2.75, 3.05) is 12.3 Å². The normalized spacial score (nSPS) is 26.2. The Morgan fingerprint density at radius 3 is 2.76 bits per heavy atom. The number of nitrogens with one attached hydrogen (secondary N) is 2. The van der Waals surface area contributed by atoms with Crippen molar-refractivity contribution in [3.8, 4) is 0 Å². The molecule has 4 aromatic rings. The number of nitrogen functional groups attached to an aromatic ring is 1. The molecule has 2 aliphatic carbocycles. The van der Waals surface area contributed by atoms with E-state index in [1.807, 2.05) is 12.3 Å². The highest BCUT2D eigenvalue weighted by Gasteiger charge is 2.36. The van der Waals surface area contributed by atoms with Crippen LogP contribution in [0.2, 0.25) is 0 Å². The third-order valence-corrected chi connectivity index (χ3v) is 8.61. The molecule has 1 aromatic carbocycles. The summed E-state index contributed by atoms with van der Waals surface area (Å²) in [6.07, 6.45) is 9.53. The van der Waals surface area contributed by atoms with Gasteiger partial charge in [0.1, 0.15) is 23.6 Å². The number of hydrogen-bond acceptors (Lipinski definition) is 6. The van der Waals surface area contributed by atoms with E-state index in [-0.39, 0.29) is 17.6 Å². The first kappa shape index (κ1) is 24.4. The van der Waals surface area contributed by atoms with E-state index in [4.69, 9.17) is 10.7 Å². The van der Waals surface area contributed by atoms with Gasteiger partial charge in [-0.3, -0.25) is 0 Å². The summed E-state index contributed by atoms with van der Waals surface area (Å²) in [5, 5.41) is 15.4. The minimum Gasteiger partial charge on any atom is -0.391 e. The van der Waals surface area contributed by atoms with Gasteiger partial charge in [0.2, 0.25) is 0 Å². The summed E-state index contributed by atoms with van der Waals surface area (Å²) in [4.78, 5) is 16.9. The van der Waals surface area contributed by atoms with Crippen molar-refractivity contribution in [2.24, 2.45) is 11.8 Å². The van der Waals surface area contributed by atoms with Gasteiger partial charge in [-0.25, -0.2) is 15.0 Å². The molecule has 3 heterocycles. The number of H-pyrrole nitrogens is 1. The second-order valence-corrected chi connectivity index (χ2v) is 12.3. The Morgan fingerprint density at radius 1 is 1.11 bits per heavy atom. The molecule has 0 radical (unpaired) electrons. The molecule has 5 N–H and O–H groups in total. The maximum atomic E-state index is 10.8. The van der Waals surface area contributed by atoms with E-state index in [0.29, 0.717) is 17.8 Å². The molecule has 3 aromatic heterocycles. The van der Waals surface area contributed by atoms with Gasteiger partial charge in [-0.2, -0.15) is 0 Å². The molecule has 0 amide bonds. The standard InChI is InChI=1S/C29H39N7O/c1-29(2,3)19-5-6-22-23(14-19)35-26(34-22)7-4-17-10-20(11-17)31-15-18-12-24(25(37)13-18)36-9-8-21-27(30)32-16-33-28(21)36/h5-6,8-9,14,16-18,20,24-25,31,37H,4,7,10-13,15H2,1-3H3,(H,34,35)(H2,30,32,33)/t17-,18-,20+,24+,25+/m0/s1. The van der Waals surface area contributed by atoms with E-state index in [2.05, 4.69) is 63.8 Å². The highest BCUT2D eigenvalue weighted by atomic mass is 16.3. The lowest BCUT2D eigenvalue weighted by Gasteiger charge is -2.36. The highest BCUT2D eigenvalue weighted by Crippen LogP contribution is 2.38. The fourth-order valence-electron chi connectivity index (χ4n) is 6.27. The average Bonchev–Trinajstić information content (AvgIpc) is 3.53. The molecule has 2 fully saturated rings. The summed E-state index contributed by atoms with van der Waals surface area (Å²) >= 11 is 0. The lowest BCUT2D eigenvalue weighted by molar-refractivity contribution is 0.135. The molecular weight excluding hydrogens is 462 g/mol. The maximum Gasteiger partial charge on any atom is 0.145 e. The molecule has 6 rings (SSSR count). The molecule has 8 heteroatoms. The number of nitrogens with two attached hydrogens (primary N) is 1. The third-order valence-electron chi connectivity index (χ3n) is 8.61. The number of aromatic nitrogens is 5. The first-order valence-corrected chi connectivity index (χ1v) is 13.7. The van der Waals surface area contributed by atoms with E-state index in [9.17, 15) is 5.11 Å². The molecule has 8 nitrogen and oxygen atoms in total. The highest BCUT2D eigenvalue weighted by molar-refractivity contribution is 5.86. The number of aromatic amines is 1. The van der Waals surface area contributed by atoms with Crippen molar-refractivity contribution >= 4 is 27.9 Å². The van der Waals surface area contributed by atoms with Crippen LogP contribution in [-0.4, -0.2) is 48.3 Å². The van der Waals surface area contributed by atoms with Gasteiger partial charge < -0.3 is 25.7 Å². The van der Waals surface area contributed by atoms with Crippen LogP contribution in [0.25, 0.3) is 22.1 Å². The predicted octanol–water partition coefficient (Wildman–Crippen LogP) is 4.50. The molecule has 0 saturated heterocycles. The second kappa shape index (κ2) is 9.40. The minimum absolute atomic E-state index is 0.0380. The van der Waals surface area contributed by atoms with Crippen LogP contribution in [0.4, 0.5) is 5.82 Å². The molecule has 2 aliphatic rings. The molecule has 37 heavy (non-hydrogen) atoms. The predicted molar refractivity (Wildman–Crippen MR) is 147 cm³/mol. The maximum absolute atomic E-state index is 10.8. The van der Waals surface area contributed by atoms with Crippen LogP contribution < -0.4 is 11.1 Å². The van der Waals surface area contributed by atoms with Gasteiger partial charge in [0.25, 0.3) is 0 Å². The summed E-state index contributed by atoms with van der Waals surface area (Å²) in [5.74, 6) is 2.82. The van der Waals surface area contributed by atoms with Crippen molar-refractivity contribution in [3.63, 3.8) is 0 Å². The van der Waals surface area contributed by atoms with Crippen LogP contribution in [0.3, 0.4) is 0 Å². The lowest BCUT2D eigenvalue weighted by atomic mass is 9.77. The van der Waals surface area contributed by atoms with Crippen molar-refractivity contribution in [1.82, 2.24) is 29.8 Å². The van der Waals surface area contributed by atoms with Gasteiger partial charge in [-0.15, -0.1) is 0 Å². The van der Waals surface area contributed by atoms with Gasteiger partial charge in [0.15, 0.2) is 0 Å². The van der Waals surface area contributed by atoms with Crippen molar-refractivity contribution in [2.45, 2.75) is 82.9 Å². The number of fused-ring (bicyclic) bond motifs is 2. The number of nitrogens with zero attached hydrogens (tertiary/aromatic N) is 4. The van der Waals surface area contributed by atoms with Gasteiger partial charge >= 0.3 is 0 Å². The number of aliphatic hydroxyl groups is 1. The minimum atomic E-state index is -0.365. The van der Waals surface area contributed by atoms with Crippen molar-refractivity contribution in [1.29, 1.82) is 0 Å². The van der Waals surface area contributed by atoms with E-state index < -0.39 is 0 Å². The zero-order valence-corrected chi connectivity index (χ0v) is 22.1. The Hall–Kier alpha value is -2.97. The van der Waals surface area contributed by atoms with Gasteiger partial charge in [-0.05, 0) is 79.7 Å². The number of aliphatic hydroxyl groups excluding tert-OH is 1. The largest absolute Gasteiger partial charge is 0.391 e. The zero-order chi connectivity index (χ0) is 25.7. The molecule has 0 bridgehead atoms. The average molecular weight is 502 g/mol. The second-order valence-electron chi connectivity index (χ2n) is 12.3. The Morgan fingerprint density at radius 2 is 1.95 bits per heavy atom. The van der Waals surface area contributed by atoms with Crippen LogP contribution >= 0.6 is 0 Å². The van der Waals surface area contributed by atoms with Crippen LogP contribution in [0.15, 0.2) is 36.8 Å². The number of hydrogen-bond donors (Lipinski definition) is 4. The molecule has 0 aliphatic heterocycles. The summed E-state index contributed by atoms with van der Waals surface area (Å²) < 4.78 is 2.08. The fraction of sp³-hybridized carbons (Fsp3) is 0.552. The lowest BCUT2D eigenvalue weighted by Crippen LogP contribution is -2.43. The molecular formula is C29H39N7O. The summed E-state index contributed by atoms with van der Waals surface area (Å²) in [6, 6.07) is 9.18. The Labute approximate surface area is 218 Å². The van der Waals surface area contributed by atoms with Crippen molar-refractivity contribution in [3.05, 3.63) is 48.2 Å². The first-order chi connectivity index (χ1) is 17.7. The van der Waals surface area contributed by atoms with Crippen molar-refractivity contribution < 1.29 is 5.11 Å². The van der Waals surface area contributed by atoms with Crippen LogP contribution in [0.1, 0.15) is 70.3 Å². The molecule has 0 spiro atoms. The van der Waals surface area contributed by atoms with Crippen LogP contribution in [0.5, 0.6) is 0 Å². The summed E-state index contributed by atoms with van der Waals surface area (Å²) in [6.45, 7) is 7.69. The smallest absolute Gasteiger partial charge is 0.145 e. The summed E-state index contributed by atoms with van der Waals surface area (Å²) in [7, 11) is 0. The van der Waals surface area contributed by atoms with Crippen LogP contribution in [0, 0.1) is 11.8 Å². The number of anilines is 1. The Balaban J connectivity index is 0.962. The van der Waals surface area contributed by atoms with E-state index >= 15 is 0 Å². The number of aryl methyl sites for hydroxylation is 1. The SMILES string of the molecule is CC(C)(C)c1ccc2[nH]c(CC[C@H]3C[C@@H](NC[C@@H]4C[C@@H](O)[C@H](n5ccc6c(N)ncnc65)C4)C3)nc2c1. The number of rotatable bonds is 7. The van der Waals surface area contributed by atoms with Gasteiger partial charge in [0, 0.05) is 18.7 Å². The molecule has 2 saturated carbocycles. The summed E-state index contributed by atoms with van der Waals surface area (Å²) in [5.41, 5.74) is 10.5. The zero-order valence-electron chi connectivity index (χ0n) is 22.1. The van der Waals surface area contributed by atoms with E-state index in [1.54, 1.807) is 0 Å². The number of imidazole rings is 1. The quantitative estimate of drug-likeness (QED) is 0.296. The molecule has 196 valence electrons. The van der Waals surface area contributed by atoms with Gasteiger partial charge in [0.05, 0.1) is 28.6 Å². The monoisotopic (exact) mass is 501 g/mol. The Kier molecular flexibility index (Phi) is 6.19.